The molecule has 0 amide bonds. The van der Waals surface area contributed by atoms with Gasteiger partial charge in [-0.3, -0.25) is 0 Å². The van der Waals surface area contributed by atoms with Crippen LogP contribution in [-0.4, -0.2) is 52.3 Å². The minimum atomic E-state index is -1.55. The van der Waals surface area contributed by atoms with Crippen molar-refractivity contribution in [2.45, 2.75) is 103 Å². The summed E-state index contributed by atoms with van der Waals surface area (Å²) in [5.74, 6) is 2.14. The molecule has 4 rings (SSSR count). The molecule has 1 aliphatic heterocycles. The van der Waals surface area contributed by atoms with Crippen molar-refractivity contribution >= 4 is 8.07 Å². The van der Waals surface area contributed by atoms with Gasteiger partial charge in [0.05, 0.1) is 32.5 Å². The highest BCUT2D eigenvalue weighted by molar-refractivity contribution is 6.76. The number of fused-ring (bicyclic) bond motifs is 5. The number of rotatable bonds is 5. The predicted molar refractivity (Wildman–Crippen MR) is 151 cm³/mol. The summed E-state index contributed by atoms with van der Waals surface area (Å²) in [7, 11) is 0.199. The van der Waals surface area contributed by atoms with Gasteiger partial charge in [0.2, 0.25) is 0 Å². The Morgan fingerprint density at radius 3 is 2.53 bits per heavy atom. The van der Waals surface area contributed by atoms with Gasteiger partial charge in [0.25, 0.3) is 0 Å². The number of aryl methyl sites for hydroxylation is 1. The minimum absolute atomic E-state index is 0.0158. The number of hydrogen-bond donors (Lipinski definition) is 1. The van der Waals surface area contributed by atoms with E-state index < -0.39 is 13.7 Å². The summed E-state index contributed by atoms with van der Waals surface area (Å²) in [6, 6.07) is 7.56. The number of aliphatic hydroxyl groups is 1. The summed E-state index contributed by atoms with van der Waals surface area (Å²) in [6.45, 7) is 17.1. The van der Waals surface area contributed by atoms with Gasteiger partial charge in [0.15, 0.2) is 0 Å². The van der Waals surface area contributed by atoms with Crippen LogP contribution in [0.25, 0.3) is 0 Å². The SMILES string of the molecule is CCC[C@@]12COCC(C)(C)COCCCC1C1CCc3cc(OC)ccc3C1[C@](O)(C[Si](C)(C)C)C2. The van der Waals surface area contributed by atoms with E-state index in [0.717, 1.165) is 70.1 Å². The molecular weight excluding hydrogens is 464 g/mol. The number of ether oxygens (including phenoxy) is 3. The topological polar surface area (TPSA) is 47.9 Å². The maximum absolute atomic E-state index is 12.9. The van der Waals surface area contributed by atoms with E-state index in [1.54, 1.807) is 7.11 Å². The van der Waals surface area contributed by atoms with Crippen LogP contribution >= 0.6 is 0 Å². The van der Waals surface area contributed by atoms with Crippen LogP contribution < -0.4 is 4.74 Å². The second-order valence-electron chi connectivity index (χ2n) is 14.3. The van der Waals surface area contributed by atoms with Crippen molar-refractivity contribution in [3.63, 3.8) is 0 Å². The largest absolute Gasteiger partial charge is 0.497 e. The lowest BCUT2D eigenvalue weighted by atomic mass is 9.48. The highest BCUT2D eigenvalue weighted by atomic mass is 28.3. The normalized spacial score (nSPS) is 35.1. The zero-order valence-electron chi connectivity index (χ0n) is 24.1. The molecule has 4 nitrogen and oxygen atoms in total. The zero-order valence-corrected chi connectivity index (χ0v) is 25.1. The fourth-order valence-corrected chi connectivity index (χ4v) is 10.5. The van der Waals surface area contributed by atoms with Gasteiger partial charge in [-0.1, -0.05) is 52.9 Å². The first-order chi connectivity index (χ1) is 16.9. The molecule has 5 atom stereocenters. The Morgan fingerprint density at radius 1 is 1.08 bits per heavy atom. The van der Waals surface area contributed by atoms with Gasteiger partial charge in [-0.25, -0.2) is 0 Å². The van der Waals surface area contributed by atoms with Crippen LogP contribution in [0.3, 0.4) is 0 Å². The van der Waals surface area contributed by atoms with Gasteiger partial charge >= 0.3 is 0 Å². The fourth-order valence-electron chi connectivity index (χ4n) is 8.31. The lowest BCUT2D eigenvalue weighted by Gasteiger charge is -2.61. The molecule has 0 spiro atoms. The Hall–Kier alpha value is -0.883. The van der Waals surface area contributed by atoms with Gasteiger partial charge in [0.1, 0.15) is 5.75 Å². The smallest absolute Gasteiger partial charge is 0.119 e. The van der Waals surface area contributed by atoms with E-state index in [2.05, 4.69) is 58.6 Å². The molecule has 204 valence electrons. The predicted octanol–water partition coefficient (Wildman–Crippen LogP) is 7.07. The average molecular weight is 517 g/mol. The maximum Gasteiger partial charge on any atom is 0.119 e. The second-order valence-corrected chi connectivity index (χ2v) is 19.8. The number of benzene rings is 1. The van der Waals surface area contributed by atoms with Gasteiger partial charge in [0, 0.05) is 26.0 Å². The van der Waals surface area contributed by atoms with Crippen LogP contribution in [-0.2, 0) is 15.9 Å². The van der Waals surface area contributed by atoms with Crippen LogP contribution in [0, 0.1) is 22.7 Å². The van der Waals surface area contributed by atoms with Crippen molar-refractivity contribution in [2.75, 3.05) is 33.5 Å². The lowest BCUT2D eigenvalue weighted by molar-refractivity contribution is -0.153. The lowest BCUT2D eigenvalue weighted by Crippen LogP contribution is -2.60. The van der Waals surface area contributed by atoms with Crippen molar-refractivity contribution in [3.8, 4) is 5.75 Å². The molecular formula is C31H52O4Si. The van der Waals surface area contributed by atoms with Crippen molar-refractivity contribution in [1.29, 1.82) is 0 Å². The standard InChI is InChI=1S/C31H52O4Si/c1-8-15-30-18-31(32,22-36(5,6)7)28-25-14-12-24(33-4)17-23(25)11-13-26(28)27(30)10-9-16-34-19-29(2,3)20-35-21-30/h12,14,17,26-28,32H,8-11,13,15-16,18-22H2,1-7H3/t26?,27?,28?,30-,31-/m1/s1. The van der Waals surface area contributed by atoms with Gasteiger partial charge in [-0.15, -0.1) is 0 Å². The van der Waals surface area contributed by atoms with Crippen LogP contribution in [0.2, 0.25) is 25.7 Å². The van der Waals surface area contributed by atoms with Gasteiger partial charge in [-0.2, -0.15) is 0 Å². The molecule has 3 aliphatic rings. The van der Waals surface area contributed by atoms with Crippen LogP contribution in [0.1, 0.15) is 76.3 Å². The van der Waals surface area contributed by atoms with Crippen molar-refractivity contribution in [1.82, 2.24) is 0 Å². The molecule has 5 heteroatoms. The Kier molecular flexibility index (Phi) is 8.37. The quantitative estimate of drug-likeness (QED) is 0.425. The Labute approximate surface area is 221 Å². The third kappa shape index (κ3) is 5.90. The molecule has 1 saturated heterocycles. The number of hydrogen-bond acceptors (Lipinski definition) is 4. The first-order valence-electron chi connectivity index (χ1n) is 14.5. The first-order valence-corrected chi connectivity index (χ1v) is 18.2. The van der Waals surface area contributed by atoms with Crippen LogP contribution in [0.5, 0.6) is 5.75 Å². The van der Waals surface area contributed by atoms with E-state index in [1.165, 1.54) is 17.5 Å². The first kappa shape index (κ1) is 28.1. The molecule has 36 heavy (non-hydrogen) atoms. The van der Waals surface area contributed by atoms with E-state index in [4.69, 9.17) is 14.2 Å². The molecule has 1 aromatic rings. The summed E-state index contributed by atoms with van der Waals surface area (Å²) in [5, 5.41) is 12.9. The molecule has 1 heterocycles. The Balaban J connectivity index is 1.81. The van der Waals surface area contributed by atoms with E-state index in [-0.39, 0.29) is 16.7 Å². The average Bonchev–Trinajstić information content (AvgIpc) is 2.80. The molecule has 0 aromatic heterocycles. The highest BCUT2D eigenvalue weighted by Crippen LogP contribution is 2.63. The van der Waals surface area contributed by atoms with Crippen LogP contribution in [0.4, 0.5) is 0 Å². The van der Waals surface area contributed by atoms with E-state index in [1.807, 2.05) is 0 Å². The summed E-state index contributed by atoms with van der Waals surface area (Å²) in [5.41, 5.74) is 2.10. The molecule has 2 fully saturated rings. The molecule has 3 unspecified atom stereocenters. The Bertz CT molecular complexity index is 893. The molecule has 1 N–H and O–H groups in total. The van der Waals surface area contributed by atoms with E-state index >= 15 is 0 Å². The van der Waals surface area contributed by atoms with Crippen molar-refractivity contribution in [2.24, 2.45) is 22.7 Å². The maximum atomic E-state index is 12.9. The van der Waals surface area contributed by atoms with E-state index in [0.29, 0.717) is 18.4 Å². The minimum Gasteiger partial charge on any atom is -0.497 e. The summed E-state index contributed by atoms with van der Waals surface area (Å²) in [4.78, 5) is 0. The second kappa shape index (κ2) is 10.7. The van der Waals surface area contributed by atoms with Gasteiger partial charge in [-0.05, 0) is 85.1 Å². The summed E-state index contributed by atoms with van der Waals surface area (Å²) < 4.78 is 18.3. The fraction of sp³-hybridized carbons (Fsp3) is 0.806. The molecule has 1 aromatic carbocycles. The molecule has 0 radical (unpaired) electrons. The molecule has 1 saturated carbocycles. The summed E-state index contributed by atoms with van der Waals surface area (Å²) in [6.07, 6.45) is 7.59. The van der Waals surface area contributed by atoms with Crippen molar-refractivity contribution < 1.29 is 19.3 Å². The number of methoxy groups -OCH3 is 1. The van der Waals surface area contributed by atoms with E-state index in [9.17, 15) is 5.11 Å². The monoisotopic (exact) mass is 516 g/mol. The van der Waals surface area contributed by atoms with Crippen LogP contribution in [0.15, 0.2) is 18.2 Å². The summed E-state index contributed by atoms with van der Waals surface area (Å²) >= 11 is 0. The Morgan fingerprint density at radius 2 is 1.83 bits per heavy atom. The zero-order chi connectivity index (χ0) is 26.2. The molecule has 2 aliphatic carbocycles. The highest BCUT2D eigenvalue weighted by Gasteiger charge is 2.60. The van der Waals surface area contributed by atoms with Crippen molar-refractivity contribution in [3.05, 3.63) is 29.3 Å². The third-order valence-corrected chi connectivity index (χ3v) is 10.8. The van der Waals surface area contributed by atoms with Gasteiger partial charge < -0.3 is 19.3 Å². The third-order valence-electron chi connectivity index (χ3n) is 9.16. The molecule has 0 bridgehead atoms.